The van der Waals surface area contributed by atoms with Gasteiger partial charge in [0.25, 0.3) is 0 Å². The van der Waals surface area contributed by atoms with Crippen LogP contribution in [-0.2, 0) is 19.1 Å². The van der Waals surface area contributed by atoms with Gasteiger partial charge >= 0.3 is 11.9 Å². The second-order valence-corrected chi connectivity index (χ2v) is 13.6. The highest BCUT2D eigenvalue weighted by Crippen LogP contribution is 2.69. The summed E-state index contributed by atoms with van der Waals surface area (Å²) in [6.07, 6.45) is 0.788. The van der Waals surface area contributed by atoms with Gasteiger partial charge < -0.3 is 28.8 Å². The number of piperazine rings is 1. The third-order valence-corrected chi connectivity index (χ3v) is 11.4. The molecule has 0 amide bonds. The number of nitrogens with zero attached hydrogens (tertiary/aromatic N) is 2. The Kier molecular flexibility index (Phi) is 5.69. The summed E-state index contributed by atoms with van der Waals surface area (Å²) in [6, 6.07) is 1.12. The molecule has 2 aromatic rings. The standard InChI is InChI=1S/C31H32N2O9S/c1-12-6-15-16-7-31(4)10-32(16)22(19(15)24(36)25(12)38-5)23-29-21-20(17(33(23)31)8-39-30(37)18(35)9-43-29)28-27(40-11-41-28)13(2)26(21)42-14(3)34/h6,16-17,22-23,29,36H,7-11H2,1-5H3/t16?,17-,22-,23?,29-,31?/m1/s1. The smallest absolute Gasteiger partial charge is 0.375 e. The molecule has 4 bridgehead atoms. The van der Waals surface area contributed by atoms with E-state index < -0.39 is 29.0 Å². The Morgan fingerprint density at radius 2 is 1.86 bits per heavy atom. The Morgan fingerprint density at radius 1 is 1.09 bits per heavy atom. The lowest BCUT2D eigenvalue weighted by atomic mass is 9.74. The molecule has 6 aliphatic heterocycles. The molecule has 3 saturated heterocycles. The number of phenolic OH excluding ortho intramolecular Hbond substituents is 1. The van der Waals surface area contributed by atoms with Crippen molar-refractivity contribution in [2.75, 3.05) is 32.8 Å². The molecule has 2 aromatic carbocycles. The summed E-state index contributed by atoms with van der Waals surface area (Å²) in [5.41, 5.74) is 4.58. The van der Waals surface area contributed by atoms with E-state index in [-0.39, 0.29) is 48.6 Å². The number of ether oxygens (including phenoxy) is 5. The van der Waals surface area contributed by atoms with E-state index in [1.807, 2.05) is 13.8 Å². The number of hydrogen-bond donors (Lipinski definition) is 1. The number of thioether (sulfide) groups is 1. The average Bonchev–Trinajstić information content (AvgIpc) is 3.63. The molecule has 0 radical (unpaired) electrons. The maximum atomic E-state index is 12.9. The Bertz CT molecular complexity index is 1660. The van der Waals surface area contributed by atoms with Gasteiger partial charge in [0.05, 0.1) is 30.2 Å². The molecule has 226 valence electrons. The summed E-state index contributed by atoms with van der Waals surface area (Å²) in [5, 5.41) is 11.3. The number of Topliss-reactive ketones (excluding diaryl/α,β-unsaturated/α-hetero) is 1. The Morgan fingerprint density at radius 3 is 2.60 bits per heavy atom. The predicted molar refractivity (Wildman–Crippen MR) is 153 cm³/mol. The van der Waals surface area contributed by atoms with Crippen LogP contribution in [0.5, 0.6) is 28.7 Å². The van der Waals surface area contributed by atoms with Gasteiger partial charge in [0.1, 0.15) is 12.4 Å². The zero-order valence-corrected chi connectivity index (χ0v) is 25.3. The van der Waals surface area contributed by atoms with Gasteiger partial charge in [-0.2, -0.15) is 0 Å². The molecule has 43 heavy (non-hydrogen) atoms. The monoisotopic (exact) mass is 608 g/mol. The third kappa shape index (κ3) is 3.42. The number of hydrogen-bond acceptors (Lipinski definition) is 12. The van der Waals surface area contributed by atoms with Crippen molar-refractivity contribution >= 4 is 29.5 Å². The number of rotatable bonds is 2. The lowest BCUT2D eigenvalue weighted by Gasteiger charge is -2.59. The van der Waals surface area contributed by atoms with Crippen LogP contribution in [0.25, 0.3) is 0 Å². The van der Waals surface area contributed by atoms with Crippen molar-refractivity contribution in [1.29, 1.82) is 0 Å². The highest BCUT2D eigenvalue weighted by molar-refractivity contribution is 8.00. The molecule has 0 aromatic heterocycles. The van der Waals surface area contributed by atoms with Crippen molar-refractivity contribution in [2.45, 2.75) is 69.1 Å². The first-order valence-corrected chi connectivity index (χ1v) is 15.5. The van der Waals surface area contributed by atoms with Crippen molar-refractivity contribution in [3.63, 3.8) is 0 Å². The van der Waals surface area contributed by atoms with Crippen molar-refractivity contribution in [3.05, 3.63) is 39.4 Å². The van der Waals surface area contributed by atoms with Crippen molar-refractivity contribution in [1.82, 2.24) is 9.80 Å². The fraction of sp³-hybridized carbons (Fsp3) is 0.516. The Balaban J connectivity index is 1.44. The molecular weight excluding hydrogens is 576 g/mol. The average molecular weight is 609 g/mol. The number of aryl methyl sites for hydroxylation is 1. The van der Waals surface area contributed by atoms with E-state index in [1.54, 1.807) is 7.11 Å². The van der Waals surface area contributed by atoms with Gasteiger partial charge in [0.15, 0.2) is 23.0 Å². The van der Waals surface area contributed by atoms with Crippen LogP contribution < -0.4 is 18.9 Å². The molecule has 11 nitrogen and oxygen atoms in total. The van der Waals surface area contributed by atoms with E-state index in [2.05, 4.69) is 22.8 Å². The number of phenols is 1. The van der Waals surface area contributed by atoms with Crippen LogP contribution in [0.3, 0.4) is 0 Å². The van der Waals surface area contributed by atoms with E-state index in [0.29, 0.717) is 28.6 Å². The van der Waals surface area contributed by atoms with Gasteiger partial charge in [-0.05, 0) is 38.3 Å². The van der Waals surface area contributed by atoms with Crippen molar-refractivity contribution in [3.8, 4) is 28.7 Å². The minimum Gasteiger partial charge on any atom is -0.504 e. The SMILES string of the molecule is COc1c(C)cc2c(c1O)[C@@H]1C3[C@@H]4SCC(=O)C(=O)OC[C@H](c5c6c(c(C)c(OC(C)=O)c54)OCO6)N3C3(C)CC2N1C3. The molecule has 6 aliphatic rings. The zero-order valence-electron chi connectivity index (χ0n) is 24.5. The molecular formula is C31H32N2O9S. The zero-order chi connectivity index (χ0) is 30.1. The first-order chi connectivity index (χ1) is 20.6. The quantitative estimate of drug-likeness (QED) is 0.305. The summed E-state index contributed by atoms with van der Waals surface area (Å²) in [4.78, 5) is 43.1. The Labute approximate surface area is 252 Å². The van der Waals surface area contributed by atoms with Crippen LogP contribution in [0, 0.1) is 13.8 Å². The topological polar surface area (TPSA) is 124 Å². The maximum Gasteiger partial charge on any atom is 0.375 e. The highest BCUT2D eigenvalue weighted by atomic mass is 32.2. The number of cyclic esters (lactones) is 1. The first kappa shape index (κ1) is 27.1. The fourth-order valence-corrected chi connectivity index (χ4v) is 10.1. The summed E-state index contributed by atoms with van der Waals surface area (Å²) >= 11 is 1.34. The fourth-order valence-electron chi connectivity index (χ4n) is 8.79. The summed E-state index contributed by atoms with van der Waals surface area (Å²) in [6.45, 7) is 8.02. The number of esters is 2. The summed E-state index contributed by atoms with van der Waals surface area (Å²) < 4.78 is 29.4. The molecule has 0 aliphatic carbocycles. The summed E-state index contributed by atoms with van der Waals surface area (Å²) in [7, 11) is 1.56. The van der Waals surface area contributed by atoms with Crippen molar-refractivity contribution < 1.29 is 43.2 Å². The lowest BCUT2D eigenvalue weighted by molar-refractivity contribution is -0.157. The third-order valence-electron chi connectivity index (χ3n) is 10.1. The largest absolute Gasteiger partial charge is 0.504 e. The van der Waals surface area contributed by atoms with Crippen LogP contribution in [0.15, 0.2) is 6.07 Å². The van der Waals surface area contributed by atoms with Gasteiger partial charge in [0.2, 0.25) is 12.6 Å². The number of carbonyl (C=O) groups is 3. The van der Waals surface area contributed by atoms with Gasteiger partial charge in [-0.3, -0.25) is 19.4 Å². The number of carbonyl (C=O) groups excluding carboxylic acids is 3. The maximum absolute atomic E-state index is 12.9. The number of fused-ring (bicyclic) bond motifs is 9. The van der Waals surface area contributed by atoms with Crippen LogP contribution in [0.2, 0.25) is 0 Å². The van der Waals surface area contributed by atoms with E-state index >= 15 is 0 Å². The van der Waals surface area contributed by atoms with E-state index in [1.165, 1.54) is 18.7 Å². The minimum absolute atomic E-state index is 0.00844. The molecule has 1 N–H and O–H groups in total. The number of ketones is 1. The molecule has 3 unspecified atom stereocenters. The molecule has 12 heteroatoms. The second-order valence-electron chi connectivity index (χ2n) is 12.5. The predicted octanol–water partition coefficient (Wildman–Crippen LogP) is 3.57. The highest BCUT2D eigenvalue weighted by Gasteiger charge is 2.67. The van der Waals surface area contributed by atoms with Crippen LogP contribution in [0.1, 0.15) is 77.0 Å². The van der Waals surface area contributed by atoms with E-state index in [9.17, 15) is 19.5 Å². The van der Waals surface area contributed by atoms with Gasteiger partial charge in [-0.1, -0.05) is 6.07 Å². The molecule has 6 atom stereocenters. The molecule has 6 heterocycles. The molecule has 0 spiro atoms. The number of benzene rings is 2. The minimum atomic E-state index is -0.862. The van der Waals surface area contributed by atoms with Gasteiger partial charge in [-0.25, -0.2) is 4.79 Å². The van der Waals surface area contributed by atoms with Gasteiger partial charge in [-0.15, -0.1) is 11.8 Å². The molecule has 3 fully saturated rings. The molecule has 8 rings (SSSR count). The number of methoxy groups -OCH3 is 1. The van der Waals surface area contributed by atoms with E-state index in [0.717, 1.165) is 40.8 Å². The lowest BCUT2D eigenvalue weighted by Crippen LogP contribution is -2.65. The normalized spacial score (nSPS) is 31.8. The van der Waals surface area contributed by atoms with Gasteiger partial charge in [0, 0.05) is 53.3 Å². The number of aromatic hydroxyl groups is 1. The van der Waals surface area contributed by atoms with Crippen LogP contribution in [-0.4, -0.2) is 77.0 Å². The Hall–Kier alpha value is -3.48. The van der Waals surface area contributed by atoms with Crippen molar-refractivity contribution in [2.24, 2.45) is 0 Å². The van der Waals surface area contributed by atoms with Crippen LogP contribution in [0.4, 0.5) is 0 Å². The van der Waals surface area contributed by atoms with Crippen LogP contribution >= 0.6 is 11.8 Å². The first-order valence-electron chi connectivity index (χ1n) is 14.5. The second kappa shape index (κ2) is 9.02. The van der Waals surface area contributed by atoms with E-state index in [4.69, 9.17) is 23.7 Å². The summed E-state index contributed by atoms with van der Waals surface area (Å²) in [5.74, 6) is -0.0708. The molecule has 0 saturated carbocycles.